The summed E-state index contributed by atoms with van der Waals surface area (Å²) in [5.41, 5.74) is 0. The molecule has 2 fully saturated rings. The maximum Gasteiger partial charge on any atom is 0.246 e. The van der Waals surface area contributed by atoms with Gasteiger partial charge in [0.25, 0.3) is 0 Å². The van der Waals surface area contributed by atoms with Crippen LogP contribution < -0.4 is 0 Å². The summed E-state index contributed by atoms with van der Waals surface area (Å²) >= 11 is 5.91. The summed E-state index contributed by atoms with van der Waals surface area (Å²) in [6.45, 7) is 0.637. The van der Waals surface area contributed by atoms with E-state index >= 15 is 0 Å². The third-order valence-electron chi connectivity index (χ3n) is 3.40. The van der Waals surface area contributed by atoms with Crippen molar-refractivity contribution in [2.45, 2.75) is 36.6 Å². The van der Waals surface area contributed by atoms with Crippen LogP contribution in [0, 0.1) is 5.92 Å². The van der Waals surface area contributed by atoms with E-state index in [1.165, 1.54) is 12.3 Å². The van der Waals surface area contributed by atoms with E-state index < -0.39 is 10.0 Å². The number of halogens is 1. The molecule has 0 bridgehead atoms. The molecular weight excluding hydrogens is 272 g/mol. The van der Waals surface area contributed by atoms with Crippen LogP contribution in [0.3, 0.4) is 0 Å². The first-order valence-corrected chi connectivity index (χ1v) is 8.03. The number of nitrogens with zero attached hydrogens (tertiary/aromatic N) is 2. The largest absolute Gasteiger partial charge is 0.246 e. The molecule has 0 radical (unpaired) electrons. The van der Waals surface area contributed by atoms with Gasteiger partial charge in [-0.05, 0) is 43.7 Å². The minimum Gasteiger partial charge on any atom is -0.243 e. The lowest BCUT2D eigenvalue weighted by atomic mass is 10.4. The van der Waals surface area contributed by atoms with Crippen LogP contribution in [0.2, 0.25) is 5.15 Å². The van der Waals surface area contributed by atoms with Crippen molar-refractivity contribution >= 4 is 21.6 Å². The highest BCUT2D eigenvalue weighted by Crippen LogP contribution is 2.38. The molecule has 0 amide bonds. The van der Waals surface area contributed by atoms with Crippen LogP contribution in [0.15, 0.2) is 23.2 Å². The van der Waals surface area contributed by atoms with Crippen LogP contribution in [0.1, 0.15) is 25.7 Å². The molecule has 0 saturated heterocycles. The van der Waals surface area contributed by atoms with Crippen LogP contribution in [0.25, 0.3) is 0 Å². The van der Waals surface area contributed by atoms with Crippen LogP contribution >= 0.6 is 11.6 Å². The van der Waals surface area contributed by atoms with Gasteiger partial charge in [-0.15, -0.1) is 0 Å². The third kappa shape index (κ3) is 2.39. The Morgan fingerprint density at radius 3 is 2.61 bits per heavy atom. The molecule has 0 spiro atoms. The molecule has 98 valence electrons. The van der Waals surface area contributed by atoms with Crippen molar-refractivity contribution in [3.05, 3.63) is 23.5 Å². The smallest absolute Gasteiger partial charge is 0.243 e. The van der Waals surface area contributed by atoms with Gasteiger partial charge >= 0.3 is 0 Å². The van der Waals surface area contributed by atoms with Gasteiger partial charge in [0.2, 0.25) is 10.0 Å². The standard InChI is InChI=1S/C12H15ClN2O2S/c13-12-11(2-1-7-14-12)18(16,17)15(10-5-6-10)8-9-3-4-9/h1-2,7,9-10H,3-6,8H2. The minimum atomic E-state index is -3.48. The molecule has 0 unspecified atom stereocenters. The number of pyridine rings is 1. The molecule has 0 atom stereocenters. The van der Waals surface area contributed by atoms with E-state index in [4.69, 9.17) is 11.6 Å². The zero-order valence-electron chi connectivity index (χ0n) is 9.92. The number of hydrogen-bond acceptors (Lipinski definition) is 3. The number of sulfonamides is 1. The molecule has 2 saturated carbocycles. The van der Waals surface area contributed by atoms with Crippen molar-refractivity contribution in [2.24, 2.45) is 5.92 Å². The fourth-order valence-electron chi connectivity index (χ4n) is 2.05. The van der Waals surface area contributed by atoms with Gasteiger partial charge in [-0.1, -0.05) is 11.6 Å². The Morgan fingerprint density at radius 2 is 2.06 bits per heavy atom. The molecule has 18 heavy (non-hydrogen) atoms. The molecule has 0 aliphatic heterocycles. The van der Waals surface area contributed by atoms with Crippen LogP contribution in [-0.2, 0) is 10.0 Å². The highest BCUT2D eigenvalue weighted by Gasteiger charge is 2.41. The Kier molecular flexibility index (Phi) is 3.08. The minimum absolute atomic E-state index is 0.0685. The van der Waals surface area contributed by atoms with Crippen molar-refractivity contribution in [3.63, 3.8) is 0 Å². The third-order valence-corrected chi connectivity index (χ3v) is 5.76. The summed E-state index contributed by atoms with van der Waals surface area (Å²) in [5, 5.41) is 0.0685. The summed E-state index contributed by atoms with van der Waals surface area (Å²) in [6, 6.07) is 3.32. The van der Waals surface area contributed by atoms with Gasteiger partial charge in [-0.25, -0.2) is 13.4 Å². The first kappa shape index (κ1) is 12.4. The second kappa shape index (κ2) is 4.47. The van der Waals surface area contributed by atoms with E-state index in [1.54, 1.807) is 10.4 Å². The Hall–Kier alpha value is -0.650. The lowest BCUT2D eigenvalue weighted by Gasteiger charge is -2.22. The van der Waals surface area contributed by atoms with Crippen LogP contribution in [-0.4, -0.2) is 30.3 Å². The molecule has 4 nitrogen and oxygen atoms in total. The lowest BCUT2D eigenvalue weighted by Crippen LogP contribution is -2.35. The first-order chi connectivity index (χ1) is 8.59. The summed E-state index contributed by atoms with van der Waals surface area (Å²) in [5.74, 6) is 0.538. The highest BCUT2D eigenvalue weighted by molar-refractivity contribution is 7.89. The molecular formula is C12H15ClN2O2S. The second-order valence-corrected chi connectivity index (χ2v) is 7.26. The highest BCUT2D eigenvalue weighted by atomic mass is 35.5. The maximum absolute atomic E-state index is 12.6. The van der Waals surface area contributed by atoms with Crippen molar-refractivity contribution in [3.8, 4) is 0 Å². The fourth-order valence-corrected chi connectivity index (χ4v) is 4.24. The Bertz CT molecular complexity index is 553. The predicted octanol–water partition coefficient (Wildman–Crippen LogP) is 2.30. The zero-order valence-corrected chi connectivity index (χ0v) is 11.5. The number of hydrogen-bond donors (Lipinski definition) is 0. The zero-order chi connectivity index (χ0) is 12.8. The van der Waals surface area contributed by atoms with E-state index in [2.05, 4.69) is 4.98 Å². The van der Waals surface area contributed by atoms with Gasteiger partial charge in [0.1, 0.15) is 10.0 Å². The van der Waals surface area contributed by atoms with E-state index in [1.807, 2.05) is 0 Å². The van der Waals surface area contributed by atoms with Gasteiger partial charge in [0, 0.05) is 18.8 Å². The van der Waals surface area contributed by atoms with Gasteiger partial charge in [0.15, 0.2) is 0 Å². The van der Waals surface area contributed by atoms with Gasteiger partial charge in [-0.3, -0.25) is 0 Å². The fraction of sp³-hybridized carbons (Fsp3) is 0.583. The summed E-state index contributed by atoms with van der Waals surface area (Å²) in [4.78, 5) is 4.00. The molecule has 6 heteroatoms. The molecule has 1 aromatic heterocycles. The van der Waals surface area contributed by atoms with E-state index in [9.17, 15) is 8.42 Å². The van der Waals surface area contributed by atoms with Crippen molar-refractivity contribution in [2.75, 3.05) is 6.54 Å². The normalized spacial score (nSPS) is 20.3. The maximum atomic E-state index is 12.6. The molecule has 1 heterocycles. The van der Waals surface area contributed by atoms with Gasteiger partial charge in [-0.2, -0.15) is 4.31 Å². The van der Waals surface area contributed by atoms with E-state index in [-0.39, 0.29) is 16.1 Å². The van der Waals surface area contributed by atoms with Gasteiger partial charge < -0.3 is 0 Å². The molecule has 2 aliphatic rings. The monoisotopic (exact) mass is 286 g/mol. The predicted molar refractivity (Wildman–Crippen MR) is 68.9 cm³/mol. The first-order valence-electron chi connectivity index (χ1n) is 6.21. The molecule has 3 rings (SSSR count). The Labute approximate surface area is 112 Å². The Balaban J connectivity index is 1.93. The topological polar surface area (TPSA) is 50.3 Å². The van der Waals surface area contributed by atoms with E-state index in [0.717, 1.165) is 25.7 Å². The summed E-state index contributed by atoms with van der Waals surface area (Å²) < 4.78 is 26.8. The van der Waals surface area contributed by atoms with Crippen molar-refractivity contribution in [1.29, 1.82) is 0 Å². The molecule has 0 N–H and O–H groups in total. The lowest BCUT2D eigenvalue weighted by molar-refractivity contribution is 0.388. The quantitative estimate of drug-likeness (QED) is 0.781. The Morgan fingerprint density at radius 1 is 1.33 bits per heavy atom. The number of aromatic nitrogens is 1. The van der Waals surface area contributed by atoms with Crippen molar-refractivity contribution in [1.82, 2.24) is 9.29 Å². The van der Waals surface area contributed by atoms with E-state index in [0.29, 0.717) is 12.5 Å². The van der Waals surface area contributed by atoms with Gasteiger partial charge in [0.05, 0.1) is 0 Å². The number of rotatable bonds is 5. The molecule has 2 aliphatic carbocycles. The van der Waals surface area contributed by atoms with Crippen LogP contribution in [0.5, 0.6) is 0 Å². The average Bonchev–Trinajstić information content (AvgIpc) is 3.19. The summed E-state index contributed by atoms with van der Waals surface area (Å²) in [7, 11) is -3.48. The SMILES string of the molecule is O=S(=O)(c1cccnc1Cl)N(CC1CC1)C1CC1. The average molecular weight is 287 g/mol. The van der Waals surface area contributed by atoms with Crippen LogP contribution in [0.4, 0.5) is 0 Å². The molecule has 1 aromatic rings. The van der Waals surface area contributed by atoms with Crippen molar-refractivity contribution < 1.29 is 8.42 Å². The summed E-state index contributed by atoms with van der Waals surface area (Å²) in [6.07, 6.45) is 5.70. The second-order valence-electron chi connectivity index (χ2n) is 5.04. The molecule has 0 aromatic carbocycles.